The maximum atomic E-state index is 11.8. The summed E-state index contributed by atoms with van der Waals surface area (Å²) in [5, 5.41) is 4.80. The minimum atomic E-state index is -0.448. The van der Waals surface area contributed by atoms with E-state index < -0.39 is 5.91 Å². The van der Waals surface area contributed by atoms with Gasteiger partial charge in [0.05, 0.1) is 13.1 Å². The number of carbonyl (C=O) groups excluding carboxylic acids is 2. The second kappa shape index (κ2) is 5.29. The number of nitrogens with zero attached hydrogens (tertiary/aromatic N) is 1. The number of nitrogens with one attached hydrogen (secondary N) is 1. The molecule has 0 radical (unpaired) electrons. The van der Waals surface area contributed by atoms with E-state index in [-0.39, 0.29) is 19.0 Å². The molecule has 0 saturated carbocycles. The second-order valence-corrected chi connectivity index (χ2v) is 5.00. The van der Waals surface area contributed by atoms with Crippen molar-refractivity contribution in [2.24, 2.45) is 5.73 Å². The number of amides is 2. The van der Waals surface area contributed by atoms with E-state index in [2.05, 4.69) is 16.8 Å². The summed E-state index contributed by atoms with van der Waals surface area (Å²) >= 11 is 1.75. The fourth-order valence-electron chi connectivity index (χ4n) is 1.87. The molecule has 0 unspecified atom stereocenters. The van der Waals surface area contributed by atoms with Gasteiger partial charge in [0.25, 0.3) is 0 Å². The Morgan fingerprint density at radius 2 is 2.29 bits per heavy atom. The highest BCUT2D eigenvalue weighted by Gasteiger charge is 2.20. The van der Waals surface area contributed by atoms with E-state index in [1.165, 1.54) is 10.4 Å². The van der Waals surface area contributed by atoms with Gasteiger partial charge in [-0.3, -0.25) is 14.9 Å². The molecule has 0 bridgehead atoms. The van der Waals surface area contributed by atoms with Crippen LogP contribution in [0.4, 0.5) is 0 Å². The predicted octanol–water partition coefficient (Wildman–Crippen LogP) is -0.292. The molecular formula is C11H15N3O2S. The summed E-state index contributed by atoms with van der Waals surface area (Å²) in [7, 11) is 0. The fourth-order valence-corrected chi connectivity index (χ4v) is 2.76. The third-order valence-corrected chi connectivity index (χ3v) is 3.76. The number of rotatable bonds is 4. The molecule has 1 aromatic rings. The van der Waals surface area contributed by atoms with Gasteiger partial charge >= 0.3 is 0 Å². The summed E-state index contributed by atoms with van der Waals surface area (Å²) in [5.74, 6) is -0.431. The van der Waals surface area contributed by atoms with Gasteiger partial charge in [0, 0.05) is 18.0 Å². The average Bonchev–Trinajstić information content (AvgIpc) is 2.75. The van der Waals surface area contributed by atoms with Gasteiger partial charge in [-0.05, 0) is 23.4 Å². The summed E-state index contributed by atoms with van der Waals surface area (Å²) in [6, 6.07) is 2.07. The monoisotopic (exact) mass is 253 g/mol. The molecule has 1 aromatic heterocycles. The van der Waals surface area contributed by atoms with Crippen LogP contribution >= 0.6 is 11.3 Å². The molecule has 6 heteroatoms. The third-order valence-electron chi connectivity index (χ3n) is 2.74. The van der Waals surface area contributed by atoms with E-state index in [0.29, 0.717) is 6.54 Å². The molecule has 2 amide bonds. The van der Waals surface area contributed by atoms with Crippen LogP contribution in [0, 0.1) is 0 Å². The second-order valence-electron chi connectivity index (χ2n) is 4.00. The van der Waals surface area contributed by atoms with Gasteiger partial charge in [0.15, 0.2) is 0 Å². The molecule has 0 spiro atoms. The highest BCUT2D eigenvalue weighted by Crippen LogP contribution is 2.23. The van der Waals surface area contributed by atoms with Crippen LogP contribution in [-0.4, -0.2) is 36.3 Å². The molecule has 3 N–H and O–H groups in total. The van der Waals surface area contributed by atoms with Crippen molar-refractivity contribution >= 4 is 23.2 Å². The number of fused-ring (bicyclic) bond motifs is 1. The van der Waals surface area contributed by atoms with Gasteiger partial charge < -0.3 is 10.6 Å². The van der Waals surface area contributed by atoms with E-state index >= 15 is 0 Å². The van der Waals surface area contributed by atoms with Crippen molar-refractivity contribution < 1.29 is 9.59 Å². The Morgan fingerprint density at radius 1 is 1.47 bits per heavy atom. The van der Waals surface area contributed by atoms with Crippen molar-refractivity contribution in [3.63, 3.8) is 0 Å². The standard InChI is InChI=1S/C11H15N3O2S/c12-10(15)5-13-6-11(16)14-3-1-9-8(7-14)2-4-17-9/h2,4,13H,1,3,5-7H2,(H2,12,15). The molecule has 0 saturated heterocycles. The summed E-state index contributed by atoms with van der Waals surface area (Å²) in [6.45, 7) is 1.65. The van der Waals surface area contributed by atoms with Gasteiger partial charge in [-0.15, -0.1) is 11.3 Å². The minimum Gasteiger partial charge on any atom is -0.369 e. The lowest BCUT2D eigenvalue weighted by Gasteiger charge is -2.27. The zero-order valence-corrected chi connectivity index (χ0v) is 10.3. The van der Waals surface area contributed by atoms with Crippen LogP contribution in [0.3, 0.4) is 0 Å². The van der Waals surface area contributed by atoms with Crippen LogP contribution in [0.5, 0.6) is 0 Å². The lowest BCUT2D eigenvalue weighted by Crippen LogP contribution is -2.42. The number of primary amides is 1. The van der Waals surface area contributed by atoms with Crippen LogP contribution in [0.25, 0.3) is 0 Å². The molecule has 1 aliphatic heterocycles. The first-order chi connectivity index (χ1) is 8.16. The van der Waals surface area contributed by atoms with Crippen LogP contribution in [0.15, 0.2) is 11.4 Å². The smallest absolute Gasteiger partial charge is 0.236 e. The molecule has 2 rings (SSSR count). The average molecular weight is 253 g/mol. The summed E-state index contributed by atoms with van der Waals surface area (Å²) in [6.07, 6.45) is 0.925. The Hall–Kier alpha value is -1.40. The van der Waals surface area contributed by atoms with Crippen LogP contribution in [-0.2, 0) is 22.6 Å². The Kier molecular flexibility index (Phi) is 3.75. The normalized spacial score (nSPS) is 14.5. The molecule has 0 atom stereocenters. The van der Waals surface area contributed by atoms with Crippen molar-refractivity contribution in [2.75, 3.05) is 19.6 Å². The van der Waals surface area contributed by atoms with Crippen LogP contribution < -0.4 is 11.1 Å². The highest BCUT2D eigenvalue weighted by molar-refractivity contribution is 7.10. The molecule has 1 aliphatic rings. The van der Waals surface area contributed by atoms with Crippen LogP contribution in [0.2, 0.25) is 0 Å². The number of hydrogen-bond acceptors (Lipinski definition) is 4. The molecule has 0 aliphatic carbocycles. The van der Waals surface area contributed by atoms with Gasteiger partial charge in [-0.1, -0.05) is 0 Å². The lowest BCUT2D eigenvalue weighted by molar-refractivity contribution is -0.131. The van der Waals surface area contributed by atoms with E-state index in [1.807, 2.05) is 4.90 Å². The number of carbonyl (C=O) groups is 2. The molecule has 17 heavy (non-hydrogen) atoms. The van der Waals surface area contributed by atoms with Gasteiger partial charge in [-0.25, -0.2) is 0 Å². The molecule has 0 fully saturated rings. The topological polar surface area (TPSA) is 75.4 Å². The summed E-state index contributed by atoms with van der Waals surface area (Å²) < 4.78 is 0. The fraction of sp³-hybridized carbons (Fsp3) is 0.455. The van der Waals surface area contributed by atoms with E-state index in [9.17, 15) is 9.59 Å². The zero-order valence-electron chi connectivity index (χ0n) is 9.44. The van der Waals surface area contributed by atoms with E-state index in [1.54, 1.807) is 11.3 Å². The van der Waals surface area contributed by atoms with E-state index in [4.69, 9.17) is 5.73 Å². The van der Waals surface area contributed by atoms with Gasteiger partial charge in [-0.2, -0.15) is 0 Å². The largest absolute Gasteiger partial charge is 0.369 e. The molecule has 0 aromatic carbocycles. The first-order valence-electron chi connectivity index (χ1n) is 5.49. The number of thiophene rings is 1. The number of nitrogens with two attached hydrogens (primary N) is 1. The van der Waals surface area contributed by atoms with Crippen molar-refractivity contribution in [1.82, 2.24) is 10.2 Å². The van der Waals surface area contributed by atoms with E-state index in [0.717, 1.165) is 13.0 Å². The van der Waals surface area contributed by atoms with Crippen LogP contribution in [0.1, 0.15) is 10.4 Å². The maximum Gasteiger partial charge on any atom is 0.236 e. The van der Waals surface area contributed by atoms with Crippen molar-refractivity contribution in [3.05, 3.63) is 21.9 Å². The highest BCUT2D eigenvalue weighted by atomic mass is 32.1. The lowest BCUT2D eigenvalue weighted by atomic mass is 10.1. The quantitative estimate of drug-likeness (QED) is 0.774. The Bertz CT molecular complexity index is 430. The van der Waals surface area contributed by atoms with Gasteiger partial charge in [0.1, 0.15) is 0 Å². The SMILES string of the molecule is NC(=O)CNCC(=O)N1CCc2sccc2C1. The molecule has 5 nitrogen and oxygen atoms in total. The van der Waals surface area contributed by atoms with Crippen molar-refractivity contribution in [3.8, 4) is 0 Å². The van der Waals surface area contributed by atoms with Gasteiger partial charge in [0.2, 0.25) is 11.8 Å². The summed E-state index contributed by atoms with van der Waals surface area (Å²) in [5.41, 5.74) is 6.22. The Labute approximate surface area is 104 Å². The Morgan fingerprint density at radius 3 is 3.06 bits per heavy atom. The predicted molar refractivity (Wildman–Crippen MR) is 65.5 cm³/mol. The number of hydrogen-bond donors (Lipinski definition) is 2. The zero-order chi connectivity index (χ0) is 12.3. The minimum absolute atomic E-state index is 0.0168. The first kappa shape index (κ1) is 12.1. The molecular weight excluding hydrogens is 238 g/mol. The Balaban J connectivity index is 1.84. The maximum absolute atomic E-state index is 11.8. The third kappa shape index (κ3) is 3.04. The summed E-state index contributed by atoms with van der Waals surface area (Å²) in [4.78, 5) is 25.5. The van der Waals surface area contributed by atoms with Crippen molar-refractivity contribution in [1.29, 1.82) is 0 Å². The van der Waals surface area contributed by atoms with Crippen molar-refractivity contribution in [2.45, 2.75) is 13.0 Å². The molecule has 92 valence electrons. The first-order valence-corrected chi connectivity index (χ1v) is 6.37. The molecule has 2 heterocycles.